The number of thiazole rings is 1. The molecule has 128 valence electrons. The maximum atomic E-state index is 13.8. The van der Waals surface area contributed by atoms with Crippen molar-refractivity contribution < 1.29 is 18.3 Å². The number of carbonyl (C=O) groups is 1. The summed E-state index contributed by atoms with van der Waals surface area (Å²) in [7, 11) is 1.57. The number of ether oxygens (including phenoxy) is 1. The van der Waals surface area contributed by atoms with Crippen molar-refractivity contribution in [2.45, 2.75) is 6.42 Å². The third-order valence-corrected chi connectivity index (χ3v) is 4.24. The summed E-state index contributed by atoms with van der Waals surface area (Å²) in [6.07, 6.45) is 0.174. The molecule has 1 N–H and O–H groups in total. The topological polar surface area (TPSA) is 51.2 Å². The summed E-state index contributed by atoms with van der Waals surface area (Å²) in [6, 6.07) is 10.3. The number of halogens is 2. The maximum Gasteiger partial charge on any atom is 0.230 e. The lowest BCUT2D eigenvalue weighted by atomic mass is 10.1. The van der Waals surface area contributed by atoms with E-state index in [0.717, 1.165) is 35.1 Å². The number of amides is 1. The van der Waals surface area contributed by atoms with E-state index < -0.39 is 11.6 Å². The molecule has 0 saturated heterocycles. The van der Waals surface area contributed by atoms with Gasteiger partial charge >= 0.3 is 0 Å². The largest absolute Gasteiger partial charge is 0.497 e. The third kappa shape index (κ3) is 4.19. The molecule has 0 aliphatic rings. The van der Waals surface area contributed by atoms with Crippen molar-refractivity contribution in [1.82, 2.24) is 4.98 Å². The number of aromatic nitrogens is 1. The van der Waals surface area contributed by atoms with Gasteiger partial charge in [0.15, 0.2) is 5.13 Å². The first-order valence-electron chi connectivity index (χ1n) is 7.39. The summed E-state index contributed by atoms with van der Waals surface area (Å²) in [5, 5.41) is 4.57. The van der Waals surface area contributed by atoms with Crippen LogP contribution in [0.2, 0.25) is 0 Å². The number of hydrogen-bond acceptors (Lipinski definition) is 4. The van der Waals surface area contributed by atoms with Gasteiger partial charge in [-0.25, -0.2) is 13.8 Å². The van der Waals surface area contributed by atoms with Gasteiger partial charge in [0, 0.05) is 10.9 Å². The smallest absolute Gasteiger partial charge is 0.230 e. The van der Waals surface area contributed by atoms with Crippen molar-refractivity contribution in [2.24, 2.45) is 0 Å². The fourth-order valence-corrected chi connectivity index (χ4v) is 2.97. The molecule has 0 radical (unpaired) electrons. The second-order valence-corrected chi connectivity index (χ2v) is 6.09. The van der Waals surface area contributed by atoms with Crippen molar-refractivity contribution in [3.05, 3.63) is 65.0 Å². The zero-order chi connectivity index (χ0) is 17.8. The Labute approximate surface area is 147 Å². The quantitative estimate of drug-likeness (QED) is 0.739. The molecule has 0 aliphatic carbocycles. The van der Waals surface area contributed by atoms with Crippen LogP contribution < -0.4 is 10.1 Å². The Morgan fingerprint density at radius 1 is 1.20 bits per heavy atom. The number of anilines is 1. The van der Waals surface area contributed by atoms with Crippen LogP contribution in [0.25, 0.3) is 11.3 Å². The molecule has 0 aliphatic heterocycles. The fraction of sp³-hybridized carbons (Fsp3) is 0.111. The van der Waals surface area contributed by atoms with E-state index in [2.05, 4.69) is 10.3 Å². The van der Waals surface area contributed by atoms with E-state index in [-0.39, 0.29) is 23.6 Å². The molecule has 0 bridgehead atoms. The number of hydrogen-bond donors (Lipinski definition) is 1. The van der Waals surface area contributed by atoms with Crippen LogP contribution in [0, 0.1) is 11.6 Å². The number of rotatable bonds is 5. The Bertz CT molecular complexity index is 894. The first-order chi connectivity index (χ1) is 12.0. The highest BCUT2D eigenvalue weighted by Crippen LogP contribution is 2.27. The van der Waals surface area contributed by atoms with Crippen LogP contribution >= 0.6 is 11.3 Å². The second-order valence-electron chi connectivity index (χ2n) is 5.24. The van der Waals surface area contributed by atoms with Crippen LogP contribution in [0.15, 0.2) is 47.8 Å². The zero-order valence-electron chi connectivity index (χ0n) is 13.3. The van der Waals surface area contributed by atoms with E-state index >= 15 is 0 Å². The Morgan fingerprint density at radius 3 is 2.68 bits per heavy atom. The predicted octanol–water partition coefficient (Wildman–Crippen LogP) is 4.28. The lowest BCUT2D eigenvalue weighted by Gasteiger charge is -2.04. The van der Waals surface area contributed by atoms with Crippen molar-refractivity contribution >= 4 is 22.4 Å². The van der Waals surface area contributed by atoms with E-state index in [1.54, 1.807) is 36.8 Å². The molecular formula is C18H14F2N2O2S. The van der Waals surface area contributed by atoms with E-state index in [1.165, 1.54) is 0 Å². The lowest BCUT2D eigenvalue weighted by molar-refractivity contribution is -0.115. The van der Waals surface area contributed by atoms with Crippen molar-refractivity contribution in [3.63, 3.8) is 0 Å². The van der Waals surface area contributed by atoms with Gasteiger partial charge in [-0.3, -0.25) is 4.79 Å². The van der Waals surface area contributed by atoms with Gasteiger partial charge in [0.2, 0.25) is 5.91 Å². The van der Waals surface area contributed by atoms with Crippen LogP contribution in [0.3, 0.4) is 0 Å². The highest BCUT2D eigenvalue weighted by atomic mass is 32.1. The first-order valence-corrected chi connectivity index (χ1v) is 8.27. The van der Waals surface area contributed by atoms with E-state index in [1.807, 2.05) is 0 Å². The van der Waals surface area contributed by atoms with Crippen molar-refractivity contribution in [1.29, 1.82) is 0 Å². The first kappa shape index (κ1) is 17.0. The van der Waals surface area contributed by atoms with Crippen LogP contribution in [0.4, 0.5) is 13.9 Å². The molecule has 1 aromatic heterocycles. The van der Waals surface area contributed by atoms with E-state index in [4.69, 9.17) is 4.74 Å². The number of benzene rings is 2. The van der Waals surface area contributed by atoms with Gasteiger partial charge in [-0.15, -0.1) is 11.3 Å². The molecule has 0 spiro atoms. The van der Waals surface area contributed by atoms with E-state index in [9.17, 15) is 13.6 Å². The molecule has 1 amide bonds. The maximum absolute atomic E-state index is 13.8. The molecule has 0 fully saturated rings. The highest BCUT2D eigenvalue weighted by Gasteiger charge is 2.12. The summed E-state index contributed by atoms with van der Waals surface area (Å²) >= 11 is 1.15. The molecule has 7 heteroatoms. The molecule has 0 saturated carbocycles. The van der Waals surface area contributed by atoms with Gasteiger partial charge in [0.05, 0.1) is 19.2 Å². The minimum absolute atomic E-state index is 0.0619. The molecule has 0 unspecified atom stereocenters. The standard InChI is InChI=1S/C18H14F2N2O2S/c1-24-13-5-2-11(3-6-13)8-17(23)22-18-21-16(10-25-18)14-9-12(19)4-7-15(14)20/h2-7,9-10H,8H2,1H3,(H,21,22,23). The van der Waals surface area contributed by atoms with Gasteiger partial charge in [-0.1, -0.05) is 12.1 Å². The summed E-state index contributed by atoms with van der Waals surface area (Å²) in [4.78, 5) is 16.2. The Kier molecular flexibility index (Phi) is 5.04. The molecule has 3 rings (SSSR count). The van der Waals surface area contributed by atoms with Gasteiger partial charge in [0.1, 0.15) is 17.4 Å². The Hall–Kier alpha value is -2.80. The second kappa shape index (κ2) is 7.40. The fourth-order valence-electron chi connectivity index (χ4n) is 2.24. The average Bonchev–Trinajstić information content (AvgIpc) is 3.05. The van der Waals surface area contributed by atoms with Crippen molar-refractivity contribution in [3.8, 4) is 17.0 Å². The number of carbonyl (C=O) groups excluding carboxylic acids is 1. The molecule has 1 heterocycles. The average molecular weight is 360 g/mol. The van der Waals surface area contributed by atoms with Gasteiger partial charge in [0.25, 0.3) is 0 Å². The van der Waals surface area contributed by atoms with Gasteiger partial charge in [-0.05, 0) is 35.9 Å². The van der Waals surface area contributed by atoms with Crippen LogP contribution in [-0.2, 0) is 11.2 Å². The summed E-state index contributed by atoms with van der Waals surface area (Å²) < 4.78 is 32.1. The minimum Gasteiger partial charge on any atom is -0.497 e. The molecule has 0 atom stereocenters. The molecule has 2 aromatic carbocycles. The van der Waals surface area contributed by atoms with Crippen LogP contribution in [0.5, 0.6) is 5.75 Å². The van der Waals surface area contributed by atoms with Crippen LogP contribution in [0.1, 0.15) is 5.56 Å². The normalized spacial score (nSPS) is 10.5. The molecule has 25 heavy (non-hydrogen) atoms. The highest BCUT2D eigenvalue weighted by molar-refractivity contribution is 7.14. The molecule has 4 nitrogen and oxygen atoms in total. The number of methoxy groups -OCH3 is 1. The Balaban J connectivity index is 1.68. The van der Waals surface area contributed by atoms with Crippen molar-refractivity contribution in [2.75, 3.05) is 12.4 Å². The zero-order valence-corrected chi connectivity index (χ0v) is 14.1. The Morgan fingerprint density at radius 2 is 1.96 bits per heavy atom. The molecule has 3 aromatic rings. The summed E-state index contributed by atoms with van der Waals surface area (Å²) in [5.74, 6) is -0.645. The predicted molar refractivity (Wildman–Crippen MR) is 92.8 cm³/mol. The number of nitrogens with zero attached hydrogens (tertiary/aromatic N) is 1. The van der Waals surface area contributed by atoms with Gasteiger partial charge in [-0.2, -0.15) is 0 Å². The SMILES string of the molecule is COc1ccc(CC(=O)Nc2nc(-c3cc(F)ccc3F)cs2)cc1. The van der Waals surface area contributed by atoms with Crippen LogP contribution in [-0.4, -0.2) is 18.0 Å². The lowest BCUT2D eigenvalue weighted by Crippen LogP contribution is -2.14. The minimum atomic E-state index is -0.567. The summed E-state index contributed by atoms with van der Waals surface area (Å²) in [6.45, 7) is 0. The van der Waals surface area contributed by atoms with Gasteiger partial charge < -0.3 is 10.1 Å². The molecular weight excluding hydrogens is 346 g/mol. The third-order valence-electron chi connectivity index (χ3n) is 3.48. The number of nitrogens with one attached hydrogen (secondary N) is 1. The van der Waals surface area contributed by atoms with E-state index in [0.29, 0.717) is 10.9 Å². The summed E-state index contributed by atoms with van der Waals surface area (Å²) in [5.41, 5.74) is 1.17. The monoisotopic (exact) mass is 360 g/mol.